The van der Waals surface area contributed by atoms with Crippen LogP contribution in [-0.4, -0.2) is 21.8 Å². The SMILES string of the molecule is Cc1[nH]c2c(C(N)=O)ccc(N)c2c1C.NC(=O)c1ccc(N)c2cc[nH]c12. The van der Waals surface area contributed by atoms with E-state index in [0.29, 0.717) is 28.0 Å². The number of anilines is 2. The molecule has 8 heteroatoms. The highest BCUT2D eigenvalue weighted by molar-refractivity contribution is 6.09. The van der Waals surface area contributed by atoms with Crippen LogP contribution in [0.3, 0.4) is 0 Å². The molecule has 0 fully saturated rings. The number of benzene rings is 2. The van der Waals surface area contributed by atoms with Gasteiger partial charge in [0.15, 0.2) is 0 Å². The van der Waals surface area contributed by atoms with Crippen LogP contribution in [0.1, 0.15) is 32.0 Å². The van der Waals surface area contributed by atoms with Crippen LogP contribution in [0.5, 0.6) is 0 Å². The van der Waals surface area contributed by atoms with Crippen LogP contribution >= 0.6 is 0 Å². The molecule has 0 spiro atoms. The van der Waals surface area contributed by atoms with Crippen LogP contribution in [-0.2, 0) is 0 Å². The standard InChI is InChI=1S/C11H13N3O.C9H9N3O/c1-5-6(2)14-10-7(11(13)15)3-4-8(12)9(5)10;10-7-2-1-6(9(11)13)8-5(7)3-4-12-8/h3-4,14H,12H2,1-2H3,(H2,13,15);1-4,12H,10H2,(H2,11,13). The molecule has 0 aliphatic carbocycles. The molecule has 0 atom stereocenters. The fourth-order valence-corrected chi connectivity index (χ4v) is 3.21. The molecule has 4 rings (SSSR count). The van der Waals surface area contributed by atoms with Crippen molar-refractivity contribution < 1.29 is 9.59 Å². The molecule has 0 aliphatic rings. The summed E-state index contributed by atoms with van der Waals surface area (Å²) >= 11 is 0. The quantitative estimate of drug-likeness (QED) is 0.294. The Hall–Kier alpha value is -3.94. The van der Waals surface area contributed by atoms with Crippen LogP contribution in [0.4, 0.5) is 11.4 Å². The number of carbonyl (C=O) groups excluding carboxylic acids is 2. The zero-order valence-corrected chi connectivity index (χ0v) is 15.6. The lowest BCUT2D eigenvalue weighted by Gasteiger charge is -2.01. The minimum atomic E-state index is -0.451. The highest BCUT2D eigenvalue weighted by Crippen LogP contribution is 2.29. The fraction of sp³-hybridized carbons (Fsp3) is 0.100. The van der Waals surface area contributed by atoms with Crippen LogP contribution in [0, 0.1) is 13.8 Å². The number of amides is 2. The normalized spacial score (nSPS) is 10.6. The molecular weight excluding hydrogens is 356 g/mol. The summed E-state index contributed by atoms with van der Waals surface area (Å²) in [7, 11) is 0. The third kappa shape index (κ3) is 3.11. The van der Waals surface area contributed by atoms with Gasteiger partial charge in [-0.25, -0.2) is 0 Å². The molecule has 10 N–H and O–H groups in total. The summed E-state index contributed by atoms with van der Waals surface area (Å²) in [6.45, 7) is 3.91. The van der Waals surface area contributed by atoms with Gasteiger partial charge in [-0.1, -0.05) is 0 Å². The molecule has 2 aromatic carbocycles. The number of aryl methyl sites for hydroxylation is 2. The van der Waals surface area contributed by atoms with E-state index in [9.17, 15) is 9.59 Å². The van der Waals surface area contributed by atoms with E-state index in [1.165, 1.54) is 0 Å². The predicted molar refractivity (Wildman–Crippen MR) is 112 cm³/mol. The van der Waals surface area contributed by atoms with E-state index in [4.69, 9.17) is 22.9 Å². The zero-order chi connectivity index (χ0) is 20.6. The number of hydrogen-bond acceptors (Lipinski definition) is 4. The second-order valence-electron chi connectivity index (χ2n) is 6.52. The van der Waals surface area contributed by atoms with E-state index >= 15 is 0 Å². The number of rotatable bonds is 2. The number of nitrogens with two attached hydrogens (primary N) is 4. The van der Waals surface area contributed by atoms with Crippen molar-refractivity contribution in [2.45, 2.75) is 13.8 Å². The van der Waals surface area contributed by atoms with E-state index in [2.05, 4.69) is 9.97 Å². The molecule has 2 amide bonds. The summed E-state index contributed by atoms with van der Waals surface area (Å²) in [5.74, 6) is -0.895. The number of fused-ring (bicyclic) bond motifs is 2. The van der Waals surface area contributed by atoms with Crippen molar-refractivity contribution in [3.05, 3.63) is 58.9 Å². The Morgan fingerprint density at radius 2 is 1.39 bits per heavy atom. The van der Waals surface area contributed by atoms with Crippen molar-refractivity contribution >= 4 is 45.0 Å². The molecule has 0 bridgehead atoms. The Labute approximate surface area is 160 Å². The molecule has 4 aromatic rings. The average Bonchev–Trinajstić information content (AvgIpc) is 3.22. The Morgan fingerprint density at radius 1 is 0.821 bits per heavy atom. The molecule has 144 valence electrons. The number of primary amides is 2. The van der Waals surface area contributed by atoms with Gasteiger partial charge in [0.1, 0.15) is 0 Å². The lowest BCUT2D eigenvalue weighted by molar-refractivity contribution is 0.0993. The molecule has 0 saturated carbocycles. The second kappa shape index (κ2) is 6.99. The first-order valence-electron chi connectivity index (χ1n) is 8.54. The zero-order valence-electron chi connectivity index (χ0n) is 15.6. The van der Waals surface area contributed by atoms with Crippen molar-refractivity contribution in [1.29, 1.82) is 0 Å². The number of hydrogen-bond donors (Lipinski definition) is 6. The fourth-order valence-electron chi connectivity index (χ4n) is 3.21. The van der Waals surface area contributed by atoms with Crippen LogP contribution in [0.25, 0.3) is 21.8 Å². The van der Waals surface area contributed by atoms with Gasteiger partial charge in [0.2, 0.25) is 0 Å². The first-order valence-corrected chi connectivity index (χ1v) is 8.54. The van der Waals surface area contributed by atoms with E-state index in [1.807, 2.05) is 19.9 Å². The van der Waals surface area contributed by atoms with Gasteiger partial charge in [-0.2, -0.15) is 0 Å². The Bertz CT molecular complexity index is 1220. The number of aromatic amines is 2. The molecule has 28 heavy (non-hydrogen) atoms. The van der Waals surface area contributed by atoms with Gasteiger partial charge in [-0.3, -0.25) is 9.59 Å². The summed E-state index contributed by atoms with van der Waals surface area (Å²) < 4.78 is 0. The smallest absolute Gasteiger partial charge is 0.250 e. The van der Waals surface area contributed by atoms with Gasteiger partial charge in [0, 0.05) is 34.0 Å². The molecule has 0 unspecified atom stereocenters. The minimum absolute atomic E-state index is 0.443. The van der Waals surface area contributed by atoms with Crippen LogP contribution in [0.2, 0.25) is 0 Å². The lowest BCUT2D eigenvalue weighted by atomic mass is 10.1. The van der Waals surface area contributed by atoms with E-state index in [0.717, 1.165) is 27.5 Å². The predicted octanol–water partition coefficient (Wildman–Crippen LogP) is 2.31. The first-order chi connectivity index (χ1) is 13.2. The Balaban J connectivity index is 0.000000162. The molecule has 0 aliphatic heterocycles. The van der Waals surface area contributed by atoms with Crippen molar-refractivity contribution in [3.8, 4) is 0 Å². The highest BCUT2D eigenvalue weighted by Gasteiger charge is 2.13. The number of nitrogen functional groups attached to an aromatic ring is 2. The number of aromatic nitrogens is 2. The summed E-state index contributed by atoms with van der Waals surface area (Å²) in [6.07, 6.45) is 1.73. The maximum absolute atomic E-state index is 11.2. The van der Waals surface area contributed by atoms with Crippen molar-refractivity contribution in [1.82, 2.24) is 9.97 Å². The monoisotopic (exact) mass is 378 g/mol. The van der Waals surface area contributed by atoms with Crippen molar-refractivity contribution in [3.63, 3.8) is 0 Å². The van der Waals surface area contributed by atoms with Crippen molar-refractivity contribution in [2.24, 2.45) is 11.5 Å². The van der Waals surface area contributed by atoms with Crippen LogP contribution in [0.15, 0.2) is 36.5 Å². The summed E-state index contributed by atoms with van der Waals surface area (Å²) in [5, 5.41) is 1.72. The largest absolute Gasteiger partial charge is 0.398 e. The van der Waals surface area contributed by atoms with Gasteiger partial charge in [-0.05, 0) is 49.7 Å². The Morgan fingerprint density at radius 3 is 2.00 bits per heavy atom. The summed E-state index contributed by atoms with van der Waals surface area (Å²) in [4.78, 5) is 28.3. The maximum atomic E-state index is 11.2. The first kappa shape index (κ1) is 18.8. The summed E-state index contributed by atoms with van der Waals surface area (Å²) in [6, 6.07) is 8.47. The molecule has 0 radical (unpaired) electrons. The molecule has 8 nitrogen and oxygen atoms in total. The third-order valence-electron chi connectivity index (χ3n) is 4.78. The van der Waals surface area contributed by atoms with Gasteiger partial charge in [-0.15, -0.1) is 0 Å². The average molecular weight is 378 g/mol. The van der Waals surface area contributed by atoms with Gasteiger partial charge in [0.05, 0.1) is 22.2 Å². The van der Waals surface area contributed by atoms with Gasteiger partial charge < -0.3 is 32.9 Å². The minimum Gasteiger partial charge on any atom is -0.398 e. The Kier molecular flexibility index (Phi) is 4.70. The molecule has 0 saturated heterocycles. The maximum Gasteiger partial charge on any atom is 0.250 e. The van der Waals surface area contributed by atoms with E-state index in [1.54, 1.807) is 30.5 Å². The third-order valence-corrected chi connectivity index (χ3v) is 4.78. The van der Waals surface area contributed by atoms with Crippen LogP contribution < -0.4 is 22.9 Å². The summed E-state index contributed by atoms with van der Waals surface area (Å²) in [5.41, 5.74) is 27.8. The molecule has 2 aromatic heterocycles. The lowest BCUT2D eigenvalue weighted by Crippen LogP contribution is -2.11. The topological polar surface area (TPSA) is 170 Å². The van der Waals surface area contributed by atoms with E-state index < -0.39 is 11.8 Å². The van der Waals surface area contributed by atoms with Crippen molar-refractivity contribution in [2.75, 3.05) is 11.5 Å². The van der Waals surface area contributed by atoms with E-state index in [-0.39, 0.29) is 0 Å². The second-order valence-corrected chi connectivity index (χ2v) is 6.52. The molecular formula is C20H22N6O2. The van der Waals surface area contributed by atoms with Gasteiger partial charge >= 0.3 is 0 Å². The number of nitrogens with one attached hydrogen (secondary N) is 2. The van der Waals surface area contributed by atoms with Gasteiger partial charge in [0.25, 0.3) is 11.8 Å². The highest BCUT2D eigenvalue weighted by atomic mass is 16.1. The number of carbonyl (C=O) groups is 2. The molecule has 2 heterocycles. The number of H-pyrrole nitrogens is 2.